The van der Waals surface area contributed by atoms with Crippen molar-refractivity contribution in [3.63, 3.8) is 0 Å². The number of nitrogens with one attached hydrogen (secondary N) is 1. The van der Waals surface area contributed by atoms with Crippen LogP contribution in [0.2, 0.25) is 0 Å². The molecule has 0 aliphatic carbocycles. The van der Waals surface area contributed by atoms with Crippen LogP contribution in [0.5, 0.6) is 0 Å². The second-order valence-electron chi connectivity index (χ2n) is 4.36. The molecule has 112 valence electrons. The zero-order chi connectivity index (χ0) is 15.9. The van der Waals surface area contributed by atoms with Gasteiger partial charge in [0.15, 0.2) is 5.25 Å². The van der Waals surface area contributed by atoms with Crippen molar-refractivity contribution >= 4 is 15.7 Å². The third-order valence-electron chi connectivity index (χ3n) is 2.94. The molecule has 0 radical (unpaired) electrons. The first-order valence-electron chi connectivity index (χ1n) is 6.62. The highest BCUT2D eigenvalue weighted by Crippen LogP contribution is 2.21. The standard InChI is InChI=1S/C15H18N2O3S/c1-3-13-10-12(6-5-9-18)7-8-15(13)17-21(19,20)14(4-2)11-16/h7-8,10,14,17-18H,3-4,9H2,1-2H3. The van der Waals surface area contributed by atoms with Crippen molar-refractivity contribution in [1.82, 2.24) is 0 Å². The molecule has 1 aromatic rings. The van der Waals surface area contributed by atoms with Crippen molar-refractivity contribution in [2.24, 2.45) is 0 Å². The maximum atomic E-state index is 12.1. The summed E-state index contributed by atoms with van der Waals surface area (Å²) >= 11 is 0. The summed E-state index contributed by atoms with van der Waals surface area (Å²) in [6.45, 7) is 3.33. The van der Waals surface area contributed by atoms with Crippen molar-refractivity contribution in [3.05, 3.63) is 29.3 Å². The molecule has 0 spiro atoms. The molecular formula is C15H18N2O3S. The van der Waals surface area contributed by atoms with Crippen LogP contribution in [0, 0.1) is 23.2 Å². The van der Waals surface area contributed by atoms with E-state index in [2.05, 4.69) is 16.6 Å². The Hall–Kier alpha value is -2.02. The van der Waals surface area contributed by atoms with Gasteiger partial charge in [0, 0.05) is 5.56 Å². The Labute approximate surface area is 125 Å². The molecule has 0 saturated heterocycles. The van der Waals surface area contributed by atoms with Crippen LogP contribution >= 0.6 is 0 Å². The second kappa shape index (κ2) is 7.68. The van der Waals surface area contributed by atoms with E-state index in [9.17, 15) is 8.42 Å². The summed E-state index contributed by atoms with van der Waals surface area (Å²) in [5, 5.41) is 16.5. The third-order valence-corrected chi connectivity index (χ3v) is 4.63. The van der Waals surface area contributed by atoms with E-state index in [-0.39, 0.29) is 13.0 Å². The molecular weight excluding hydrogens is 288 g/mol. The topological polar surface area (TPSA) is 90.2 Å². The lowest BCUT2D eigenvalue weighted by Crippen LogP contribution is -2.26. The van der Waals surface area contributed by atoms with Gasteiger partial charge in [0.25, 0.3) is 0 Å². The van der Waals surface area contributed by atoms with E-state index in [4.69, 9.17) is 10.4 Å². The van der Waals surface area contributed by atoms with Gasteiger partial charge in [-0.2, -0.15) is 5.26 Å². The van der Waals surface area contributed by atoms with Crippen LogP contribution in [0.4, 0.5) is 5.69 Å². The first kappa shape index (κ1) is 17.0. The molecule has 0 bridgehead atoms. The molecule has 2 N–H and O–H groups in total. The third kappa shape index (κ3) is 4.49. The molecule has 0 aliphatic heterocycles. The number of nitrogens with zero attached hydrogens (tertiary/aromatic N) is 1. The molecule has 0 aliphatic rings. The van der Waals surface area contributed by atoms with E-state index in [0.29, 0.717) is 17.7 Å². The van der Waals surface area contributed by atoms with Gasteiger partial charge in [0.2, 0.25) is 10.0 Å². The lowest BCUT2D eigenvalue weighted by molar-refractivity contribution is 0.350. The minimum absolute atomic E-state index is 0.226. The molecule has 0 amide bonds. The number of benzene rings is 1. The van der Waals surface area contributed by atoms with E-state index in [0.717, 1.165) is 5.56 Å². The molecule has 6 heteroatoms. The van der Waals surface area contributed by atoms with Gasteiger partial charge in [0.05, 0.1) is 11.8 Å². The van der Waals surface area contributed by atoms with Crippen LogP contribution in [0.15, 0.2) is 18.2 Å². The predicted octanol–water partition coefficient (Wildman–Crippen LogP) is 1.64. The Bertz CT molecular complexity index is 694. The number of sulfonamides is 1. The molecule has 0 aromatic heterocycles. The molecule has 1 atom stereocenters. The molecule has 1 rings (SSSR count). The Morgan fingerprint density at radius 3 is 2.62 bits per heavy atom. The maximum absolute atomic E-state index is 12.1. The van der Waals surface area contributed by atoms with Gasteiger partial charge in [-0.05, 0) is 36.6 Å². The number of aliphatic hydroxyl groups excluding tert-OH is 1. The van der Waals surface area contributed by atoms with Crippen LogP contribution in [-0.2, 0) is 16.4 Å². The predicted molar refractivity (Wildman–Crippen MR) is 82.0 cm³/mol. The van der Waals surface area contributed by atoms with Gasteiger partial charge in [-0.15, -0.1) is 0 Å². The fourth-order valence-corrected chi connectivity index (χ4v) is 3.04. The Balaban J connectivity index is 3.12. The van der Waals surface area contributed by atoms with E-state index in [1.807, 2.05) is 6.92 Å². The van der Waals surface area contributed by atoms with Gasteiger partial charge in [-0.25, -0.2) is 8.42 Å². The molecule has 0 saturated carbocycles. The van der Waals surface area contributed by atoms with Crippen LogP contribution in [0.1, 0.15) is 31.4 Å². The number of hydrogen-bond donors (Lipinski definition) is 2. The molecule has 0 fully saturated rings. The summed E-state index contributed by atoms with van der Waals surface area (Å²) in [5.74, 6) is 5.32. The number of hydrogen-bond acceptors (Lipinski definition) is 4. The number of aryl methyl sites for hydroxylation is 1. The van der Waals surface area contributed by atoms with Gasteiger partial charge in [-0.1, -0.05) is 25.7 Å². The summed E-state index contributed by atoms with van der Waals surface area (Å²) in [6, 6.07) is 6.86. The van der Waals surface area contributed by atoms with E-state index < -0.39 is 15.3 Å². The summed E-state index contributed by atoms with van der Waals surface area (Å²) in [4.78, 5) is 0. The molecule has 1 aromatic carbocycles. The van der Waals surface area contributed by atoms with Crippen LogP contribution in [0.25, 0.3) is 0 Å². The number of rotatable bonds is 5. The second-order valence-corrected chi connectivity index (χ2v) is 6.22. The summed E-state index contributed by atoms with van der Waals surface area (Å²) in [5.41, 5.74) is 1.95. The number of nitriles is 1. The highest BCUT2D eigenvalue weighted by Gasteiger charge is 2.24. The fraction of sp³-hybridized carbons (Fsp3) is 0.400. The SMILES string of the molecule is CCc1cc(C#CCO)ccc1NS(=O)(=O)C(C#N)CC. The minimum atomic E-state index is -3.73. The first-order valence-corrected chi connectivity index (χ1v) is 8.17. The fourth-order valence-electron chi connectivity index (χ4n) is 1.81. The van der Waals surface area contributed by atoms with Crippen molar-refractivity contribution < 1.29 is 13.5 Å². The van der Waals surface area contributed by atoms with Crippen LogP contribution in [0.3, 0.4) is 0 Å². The quantitative estimate of drug-likeness (QED) is 0.809. The minimum Gasteiger partial charge on any atom is -0.384 e. The Morgan fingerprint density at radius 2 is 2.10 bits per heavy atom. The largest absolute Gasteiger partial charge is 0.384 e. The normalized spacial score (nSPS) is 11.9. The Morgan fingerprint density at radius 1 is 1.38 bits per heavy atom. The van der Waals surface area contributed by atoms with Gasteiger partial charge >= 0.3 is 0 Å². The maximum Gasteiger partial charge on any atom is 0.249 e. The van der Waals surface area contributed by atoms with Crippen molar-refractivity contribution in [2.45, 2.75) is 31.9 Å². The van der Waals surface area contributed by atoms with Crippen molar-refractivity contribution in [1.29, 1.82) is 5.26 Å². The van der Waals surface area contributed by atoms with Gasteiger partial charge in [0.1, 0.15) is 6.61 Å². The zero-order valence-corrected chi connectivity index (χ0v) is 12.9. The molecule has 5 nitrogen and oxygen atoms in total. The molecule has 1 unspecified atom stereocenters. The Kier molecular flexibility index (Phi) is 6.23. The van der Waals surface area contributed by atoms with Gasteiger partial charge < -0.3 is 5.11 Å². The monoisotopic (exact) mass is 306 g/mol. The van der Waals surface area contributed by atoms with E-state index in [1.54, 1.807) is 31.2 Å². The van der Waals surface area contributed by atoms with E-state index in [1.165, 1.54) is 0 Å². The number of aliphatic hydroxyl groups is 1. The van der Waals surface area contributed by atoms with Crippen molar-refractivity contribution in [3.8, 4) is 17.9 Å². The highest BCUT2D eigenvalue weighted by atomic mass is 32.2. The van der Waals surface area contributed by atoms with Crippen LogP contribution in [-0.4, -0.2) is 25.4 Å². The summed E-state index contributed by atoms with van der Waals surface area (Å²) in [7, 11) is -3.73. The average Bonchev–Trinajstić information content (AvgIpc) is 2.46. The number of anilines is 1. The van der Waals surface area contributed by atoms with Crippen LogP contribution < -0.4 is 4.72 Å². The smallest absolute Gasteiger partial charge is 0.249 e. The summed E-state index contributed by atoms with van der Waals surface area (Å²) < 4.78 is 26.7. The molecule has 0 heterocycles. The first-order chi connectivity index (χ1) is 9.98. The molecule has 21 heavy (non-hydrogen) atoms. The summed E-state index contributed by atoms with van der Waals surface area (Å²) in [6.07, 6.45) is 0.850. The lowest BCUT2D eigenvalue weighted by Gasteiger charge is -2.14. The zero-order valence-electron chi connectivity index (χ0n) is 12.0. The van der Waals surface area contributed by atoms with Crippen molar-refractivity contribution in [2.75, 3.05) is 11.3 Å². The lowest BCUT2D eigenvalue weighted by atomic mass is 10.1. The van der Waals surface area contributed by atoms with E-state index >= 15 is 0 Å². The van der Waals surface area contributed by atoms with Gasteiger partial charge in [-0.3, -0.25) is 4.72 Å². The average molecular weight is 306 g/mol. The highest BCUT2D eigenvalue weighted by molar-refractivity contribution is 7.93.